The fraction of sp³-hybridized carbons (Fsp3) is 0.286. The SMILES string of the molecule is O=C(Nc1ccc(O[C@H]2CC[C@@H](C(=O)O)CC2)nc1)c1nnc(Nc2ccc(F)c(Cl)c2)o1. The molecular weight excluding hydrogens is 457 g/mol. The molecule has 0 unspecified atom stereocenters. The molecular formula is C21H19ClFN5O5. The van der Waals surface area contributed by atoms with Crippen molar-refractivity contribution in [1.82, 2.24) is 15.2 Å². The molecule has 3 N–H and O–H groups in total. The van der Waals surface area contributed by atoms with Gasteiger partial charge in [0.25, 0.3) is 0 Å². The predicted octanol–water partition coefficient (Wildman–Crippen LogP) is 4.28. The number of halogens is 2. The van der Waals surface area contributed by atoms with Gasteiger partial charge in [0.15, 0.2) is 0 Å². The first-order chi connectivity index (χ1) is 15.9. The second kappa shape index (κ2) is 9.82. The molecule has 1 aliphatic carbocycles. The van der Waals surface area contributed by atoms with Crippen LogP contribution in [0.1, 0.15) is 36.4 Å². The molecule has 0 bridgehead atoms. The lowest BCUT2D eigenvalue weighted by molar-refractivity contribution is -0.143. The van der Waals surface area contributed by atoms with E-state index in [0.717, 1.165) is 0 Å². The molecule has 1 aromatic carbocycles. The van der Waals surface area contributed by atoms with E-state index in [1.807, 2.05) is 0 Å². The number of pyridine rings is 1. The van der Waals surface area contributed by atoms with Gasteiger partial charge in [-0.25, -0.2) is 9.37 Å². The number of nitrogens with one attached hydrogen (secondary N) is 2. The third-order valence-corrected chi connectivity index (χ3v) is 5.38. The summed E-state index contributed by atoms with van der Waals surface area (Å²) in [4.78, 5) is 27.6. The molecule has 0 spiro atoms. The van der Waals surface area contributed by atoms with Gasteiger partial charge in [-0.1, -0.05) is 16.7 Å². The van der Waals surface area contributed by atoms with Crippen molar-refractivity contribution < 1.29 is 28.2 Å². The fourth-order valence-electron chi connectivity index (χ4n) is 3.37. The quantitative estimate of drug-likeness (QED) is 0.456. The summed E-state index contributed by atoms with van der Waals surface area (Å²) in [5.41, 5.74) is 0.799. The average Bonchev–Trinajstić information content (AvgIpc) is 3.27. The lowest BCUT2D eigenvalue weighted by Crippen LogP contribution is -2.28. The number of hydrogen-bond donors (Lipinski definition) is 3. The third kappa shape index (κ3) is 5.75. The molecule has 1 aliphatic rings. The van der Waals surface area contributed by atoms with E-state index in [-0.39, 0.29) is 28.9 Å². The standard InChI is InChI=1S/C21H19ClFN5O5/c22-15-9-12(3-7-16(15)23)26-21-28-27-19(33-21)18(29)25-13-4-8-17(24-10-13)32-14-5-1-11(2-6-14)20(30)31/h3-4,7-11,14H,1-2,5-6H2,(H,25,29)(H,26,28)(H,30,31)/t11-,14+. The Morgan fingerprint density at radius 1 is 1.12 bits per heavy atom. The summed E-state index contributed by atoms with van der Waals surface area (Å²) in [5.74, 6) is -2.20. The van der Waals surface area contributed by atoms with E-state index >= 15 is 0 Å². The third-order valence-electron chi connectivity index (χ3n) is 5.10. The number of benzene rings is 1. The van der Waals surface area contributed by atoms with Crippen molar-refractivity contribution in [3.63, 3.8) is 0 Å². The zero-order valence-corrected chi connectivity index (χ0v) is 17.9. The van der Waals surface area contributed by atoms with Crippen LogP contribution >= 0.6 is 11.6 Å². The van der Waals surface area contributed by atoms with Crippen LogP contribution in [0.2, 0.25) is 5.02 Å². The molecule has 1 fully saturated rings. The van der Waals surface area contributed by atoms with Gasteiger partial charge >= 0.3 is 23.8 Å². The van der Waals surface area contributed by atoms with Gasteiger partial charge in [0.2, 0.25) is 5.88 Å². The molecule has 4 rings (SSSR count). The van der Waals surface area contributed by atoms with Crippen LogP contribution in [0.5, 0.6) is 5.88 Å². The van der Waals surface area contributed by atoms with Gasteiger partial charge in [-0.2, -0.15) is 0 Å². The van der Waals surface area contributed by atoms with Gasteiger partial charge in [-0.3, -0.25) is 9.59 Å². The van der Waals surface area contributed by atoms with Crippen molar-refractivity contribution >= 4 is 40.9 Å². The molecule has 1 saturated carbocycles. The van der Waals surface area contributed by atoms with Crippen molar-refractivity contribution in [2.75, 3.05) is 10.6 Å². The van der Waals surface area contributed by atoms with Crippen molar-refractivity contribution in [1.29, 1.82) is 0 Å². The number of aliphatic carboxylic acids is 1. The van der Waals surface area contributed by atoms with Gasteiger partial charge in [0.05, 0.1) is 22.8 Å². The second-order valence-corrected chi connectivity index (χ2v) is 7.84. The molecule has 2 aromatic heterocycles. The van der Waals surface area contributed by atoms with Crippen LogP contribution in [0.3, 0.4) is 0 Å². The molecule has 0 aliphatic heterocycles. The van der Waals surface area contributed by atoms with Crippen LogP contribution in [-0.2, 0) is 4.79 Å². The van der Waals surface area contributed by atoms with Crippen LogP contribution in [-0.4, -0.2) is 38.3 Å². The molecule has 0 saturated heterocycles. The minimum Gasteiger partial charge on any atom is -0.481 e. The number of ether oxygens (including phenoxy) is 1. The number of anilines is 3. The van der Waals surface area contributed by atoms with Crippen molar-refractivity contribution in [2.45, 2.75) is 31.8 Å². The van der Waals surface area contributed by atoms with Gasteiger partial charge < -0.3 is 24.9 Å². The highest BCUT2D eigenvalue weighted by Gasteiger charge is 2.27. The van der Waals surface area contributed by atoms with E-state index in [2.05, 4.69) is 25.8 Å². The minimum atomic E-state index is -0.768. The summed E-state index contributed by atoms with van der Waals surface area (Å²) < 4.78 is 24.3. The Morgan fingerprint density at radius 3 is 2.55 bits per heavy atom. The Bertz CT molecular complexity index is 1150. The number of aromatic nitrogens is 3. The number of carbonyl (C=O) groups is 2. The molecule has 0 atom stereocenters. The smallest absolute Gasteiger partial charge is 0.320 e. The van der Waals surface area contributed by atoms with E-state index in [1.54, 1.807) is 12.1 Å². The zero-order valence-electron chi connectivity index (χ0n) is 17.1. The molecule has 2 heterocycles. The van der Waals surface area contributed by atoms with Crippen LogP contribution in [0.15, 0.2) is 40.9 Å². The highest BCUT2D eigenvalue weighted by atomic mass is 35.5. The van der Waals surface area contributed by atoms with Crippen LogP contribution in [0.4, 0.5) is 21.8 Å². The lowest BCUT2D eigenvalue weighted by atomic mass is 9.87. The maximum Gasteiger partial charge on any atom is 0.320 e. The van der Waals surface area contributed by atoms with Crippen LogP contribution in [0.25, 0.3) is 0 Å². The Labute approximate surface area is 192 Å². The van der Waals surface area contributed by atoms with Crippen molar-refractivity contribution in [3.8, 4) is 5.88 Å². The van der Waals surface area contributed by atoms with Crippen molar-refractivity contribution in [3.05, 3.63) is 53.3 Å². The molecule has 0 radical (unpaired) electrons. The van der Waals surface area contributed by atoms with Gasteiger partial charge in [0.1, 0.15) is 11.9 Å². The van der Waals surface area contributed by atoms with Crippen LogP contribution in [0, 0.1) is 11.7 Å². The van der Waals surface area contributed by atoms with Gasteiger partial charge in [-0.15, -0.1) is 5.10 Å². The number of carbonyl (C=O) groups excluding carboxylic acids is 1. The predicted molar refractivity (Wildman–Crippen MR) is 115 cm³/mol. The maximum atomic E-state index is 13.2. The normalized spacial score (nSPS) is 17.9. The number of hydrogen-bond acceptors (Lipinski definition) is 8. The number of nitrogens with zero attached hydrogens (tertiary/aromatic N) is 3. The molecule has 10 nitrogen and oxygen atoms in total. The van der Waals surface area contributed by atoms with Crippen molar-refractivity contribution in [2.24, 2.45) is 5.92 Å². The molecule has 172 valence electrons. The zero-order chi connectivity index (χ0) is 23.4. The second-order valence-electron chi connectivity index (χ2n) is 7.44. The summed E-state index contributed by atoms with van der Waals surface area (Å²) in [5, 5.41) is 21.7. The summed E-state index contributed by atoms with van der Waals surface area (Å²) in [6.45, 7) is 0. The topological polar surface area (TPSA) is 139 Å². The van der Waals surface area contributed by atoms with Gasteiger partial charge in [-0.05, 0) is 49.9 Å². The fourth-order valence-corrected chi connectivity index (χ4v) is 3.55. The Morgan fingerprint density at radius 2 is 1.88 bits per heavy atom. The number of rotatable bonds is 7. The molecule has 12 heteroatoms. The summed E-state index contributed by atoms with van der Waals surface area (Å²) in [6, 6.07) is 7.10. The van der Waals surface area contributed by atoms with Crippen LogP contribution < -0.4 is 15.4 Å². The first kappa shape index (κ1) is 22.5. The molecule has 1 amide bonds. The Kier molecular flexibility index (Phi) is 6.68. The first-order valence-corrected chi connectivity index (χ1v) is 10.5. The summed E-state index contributed by atoms with van der Waals surface area (Å²) in [6.07, 6.45) is 3.77. The summed E-state index contributed by atoms with van der Waals surface area (Å²) in [7, 11) is 0. The minimum absolute atomic E-state index is 0.0673. The summed E-state index contributed by atoms with van der Waals surface area (Å²) >= 11 is 5.73. The monoisotopic (exact) mass is 475 g/mol. The molecule has 3 aromatic rings. The maximum absolute atomic E-state index is 13.2. The van der Waals surface area contributed by atoms with E-state index in [1.165, 1.54) is 24.4 Å². The van der Waals surface area contributed by atoms with E-state index in [0.29, 0.717) is 42.9 Å². The Hall–Kier alpha value is -3.73. The Balaban J connectivity index is 1.30. The number of carboxylic acids is 1. The van der Waals surface area contributed by atoms with Gasteiger partial charge in [0, 0.05) is 11.8 Å². The van der Waals surface area contributed by atoms with E-state index < -0.39 is 17.7 Å². The molecule has 33 heavy (non-hydrogen) atoms. The first-order valence-electron chi connectivity index (χ1n) is 10.1. The largest absolute Gasteiger partial charge is 0.481 e. The number of carboxylic acid groups (broad SMARTS) is 1. The van der Waals surface area contributed by atoms with E-state index in [9.17, 15) is 14.0 Å². The number of amides is 1. The van der Waals surface area contributed by atoms with E-state index in [4.69, 9.17) is 25.9 Å². The lowest BCUT2D eigenvalue weighted by Gasteiger charge is -2.26. The average molecular weight is 476 g/mol. The highest BCUT2D eigenvalue weighted by Crippen LogP contribution is 2.27. The highest BCUT2D eigenvalue weighted by molar-refractivity contribution is 6.31.